The molecular weight excluding hydrogens is 404 g/mol. The van der Waals surface area contributed by atoms with E-state index in [4.69, 9.17) is 14.2 Å². The van der Waals surface area contributed by atoms with Crippen LogP contribution in [0.4, 0.5) is 4.79 Å². The fourth-order valence-corrected chi connectivity index (χ4v) is 3.25. The molecule has 0 bridgehead atoms. The van der Waals surface area contributed by atoms with E-state index in [2.05, 4.69) is 5.32 Å². The number of hydrogen-bond acceptors (Lipinski definition) is 7. The number of methoxy groups -OCH3 is 2. The summed E-state index contributed by atoms with van der Waals surface area (Å²) >= 11 is 0. The van der Waals surface area contributed by atoms with Gasteiger partial charge >= 0.3 is 6.09 Å². The number of amides is 3. The average molecular weight is 428 g/mol. The van der Waals surface area contributed by atoms with Crippen molar-refractivity contribution in [3.63, 3.8) is 0 Å². The van der Waals surface area contributed by atoms with E-state index in [0.29, 0.717) is 17.1 Å². The maximum absolute atomic E-state index is 12.7. The Hall–Kier alpha value is -3.59. The number of carbonyl (C=O) groups is 3. The zero-order chi connectivity index (χ0) is 22.5. The first-order valence-electron chi connectivity index (χ1n) is 9.63. The second-order valence-electron chi connectivity index (χ2n) is 6.97. The number of hydrogen-bond donors (Lipinski definition) is 2. The molecule has 31 heavy (non-hydrogen) atoms. The number of benzene rings is 2. The van der Waals surface area contributed by atoms with E-state index < -0.39 is 36.2 Å². The lowest BCUT2D eigenvalue weighted by molar-refractivity contribution is -0.139. The molecule has 2 N–H and O–H groups in total. The highest BCUT2D eigenvalue weighted by Gasteiger charge is 2.47. The number of ether oxygens (including phenoxy) is 3. The first kappa shape index (κ1) is 22.1. The van der Waals surface area contributed by atoms with Gasteiger partial charge in [-0.25, -0.2) is 9.69 Å². The standard InChI is InChI=1S/C22H24N2O7/c1-13(14-7-5-4-6-8-14)24-21(27)19(31-22(24)28)20(26)23-12-18(25)15-9-16(29-2)11-17(10-15)30-3/h4-11,13,18-19,25H,12H2,1-3H3,(H,23,26). The van der Waals surface area contributed by atoms with Crippen molar-refractivity contribution in [3.05, 3.63) is 59.7 Å². The Morgan fingerprint density at radius 2 is 1.71 bits per heavy atom. The van der Waals surface area contributed by atoms with Gasteiger partial charge in [0.2, 0.25) is 0 Å². The van der Waals surface area contributed by atoms with Gasteiger partial charge in [0.15, 0.2) is 0 Å². The van der Waals surface area contributed by atoms with Gasteiger partial charge in [0, 0.05) is 12.6 Å². The molecule has 1 saturated heterocycles. The Morgan fingerprint density at radius 1 is 1.10 bits per heavy atom. The highest BCUT2D eigenvalue weighted by atomic mass is 16.6. The second-order valence-corrected chi connectivity index (χ2v) is 6.97. The summed E-state index contributed by atoms with van der Waals surface area (Å²) in [6.45, 7) is 1.47. The molecule has 3 amide bonds. The Balaban J connectivity index is 1.64. The third kappa shape index (κ3) is 4.77. The van der Waals surface area contributed by atoms with Gasteiger partial charge in [0.25, 0.3) is 17.9 Å². The van der Waals surface area contributed by atoms with Crippen LogP contribution in [0.25, 0.3) is 0 Å². The molecule has 0 spiro atoms. The molecule has 0 aromatic heterocycles. The third-order valence-corrected chi connectivity index (χ3v) is 5.01. The first-order chi connectivity index (χ1) is 14.8. The number of cyclic esters (lactones) is 1. The van der Waals surface area contributed by atoms with Gasteiger partial charge in [-0.05, 0) is 30.2 Å². The van der Waals surface area contributed by atoms with Crippen LogP contribution in [0, 0.1) is 0 Å². The fourth-order valence-electron chi connectivity index (χ4n) is 3.25. The summed E-state index contributed by atoms with van der Waals surface area (Å²) in [5, 5.41) is 12.9. The molecule has 9 nitrogen and oxygen atoms in total. The van der Waals surface area contributed by atoms with Crippen LogP contribution in [0.2, 0.25) is 0 Å². The number of carbonyl (C=O) groups excluding carboxylic acids is 3. The second kappa shape index (κ2) is 9.48. The van der Waals surface area contributed by atoms with Crippen molar-refractivity contribution in [2.75, 3.05) is 20.8 Å². The van der Waals surface area contributed by atoms with Crippen LogP contribution in [-0.2, 0) is 14.3 Å². The quantitative estimate of drug-likeness (QED) is 0.618. The van der Waals surface area contributed by atoms with Crippen molar-refractivity contribution in [3.8, 4) is 11.5 Å². The predicted molar refractivity (Wildman–Crippen MR) is 109 cm³/mol. The van der Waals surface area contributed by atoms with E-state index in [1.165, 1.54) is 14.2 Å². The van der Waals surface area contributed by atoms with Crippen molar-refractivity contribution >= 4 is 17.9 Å². The molecule has 2 aromatic carbocycles. The molecule has 3 atom stereocenters. The van der Waals surface area contributed by atoms with Crippen molar-refractivity contribution in [1.82, 2.24) is 10.2 Å². The molecule has 0 radical (unpaired) electrons. The van der Waals surface area contributed by atoms with E-state index in [9.17, 15) is 19.5 Å². The first-order valence-corrected chi connectivity index (χ1v) is 9.63. The van der Waals surface area contributed by atoms with E-state index >= 15 is 0 Å². The maximum Gasteiger partial charge on any atom is 0.418 e. The summed E-state index contributed by atoms with van der Waals surface area (Å²) in [6.07, 6.45) is -3.59. The lowest BCUT2D eigenvalue weighted by atomic mass is 10.1. The molecular formula is C22H24N2O7. The summed E-state index contributed by atoms with van der Waals surface area (Å²) in [5.41, 5.74) is 1.18. The number of nitrogens with zero attached hydrogens (tertiary/aromatic N) is 1. The van der Waals surface area contributed by atoms with Crippen molar-refractivity contribution in [1.29, 1.82) is 0 Å². The minimum absolute atomic E-state index is 0.204. The molecule has 9 heteroatoms. The van der Waals surface area contributed by atoms with Gasteiger partial charge in [-0.1, -0.05) is 30.3 Å². The van der Waals surface area contributed by atoms with Crippen LogP contribution in [0.3, 0.4) is 0 Å². The van der Waals surface area contributed by atoms with Crippen LogP contribution in [0.1, 0.15) is 30.2 Å². The molecule has 0 aliphatic carbocycles. The molecule has 3 unspecified atom stereocenters. The molecule has 1 aliphatic heterocycles. The number of imide groups is 1. The largest absolute Gasteiger partial charge is 0.497 e. The summed E-state index contributed by atoms with van der Waals surface area (Å²) in [5.74, 6) is -0.609. The molecule has 1 aliphatic rings. The fraction of sp³-hybridized carbons (Fsp3) is 0.318. The molecule has 1 fully saturated rings. The zero-order valence-corrected chi connectivity index (χ0v) is 17.4. The zero-order valence-electron chi connectivity index (χ0n) is 17.4. The lowest BCUT2D eigenvalue weighted by Gasteiger charge is -2.20. The SMILES string of the molecule is COc1cc(OC)cc(C(O)CNC(=O)C2OC(=O)N(C(C)c3ccccc3)C2=O)c1. The van der Waals surface area contributed by atoms with Crippen LogP contribution >= 0.6 is 0 Å². The summed E-state index contributed by atoms with van der Waals surface area (Å²) in [7, 11) is 2.96. The van der Waals surface area contributed by atoms with Gasteiger partial charge in [0.1, 0.15) is 11.5 Å². The van der Waals surface area contributed by atoms with Gasteiger partial charge in [-0.15, -0.1) is 0 Å². The van der Waals surface area contributed by atoms with Crippen molar-refractivity contribution in [2.45, 2.75) is 25.2 Å². The Labute approximate surface area is 179 Å². The number of aliphatic hydroxyl groups excluding tert-OH is 1. The highest BCUT2D eigenvalue weighted by Crippen LogP contribution is 2.28. The highest BCUT2D eigenvalue weighted by molar-refractivity contribution is 6.12. The van der Waals surface area contributed by atoms with Gasteiger partial charge in [0.05, 0.1) is 26.4 Å². The van der Waals surface area contributed by atoms with Crippen LogP contribution in [-0.4, -0.2) is 54.8 Å². The topological polar surface area (TPSA) is 114 Å². The van der Waals surface area contributed by atoms with Crippen molar-refractivity contribution in [2.24, 2.45) is 0 Å². The van der Waals surface area contributed by atoms with Crippen LogP contribution in [0.15, 0.2) is 48.5 Å². The van der Waals surface area contributed by atoms with E-state index in [1.807, 2.05) is 6.07 Å². The number of aliphatic hydroxyl groups is 1. The van der Waals surface area contributed by atoms with Crippen LogP contribution < -0.4 is 14.8 Å². The van der Waals surface area contributed by atoms with E-state index in [0.717, 1.165) is 10.5 Å². The molecule has 1 heterocycles. The Kier molecular flexibility index (Phi) is 6.76. The molecule has 0 saturated carbocycles. The monoisotopic (exact) mass is 428 g/mol. The minimum atomic E-state index is -1.61. The van der Waals surface area contributed by atoms with E-state index in [-0.39, 0.29) is 6.54 Å². The predicted octanol–water partition coefficient (Wildman–Crippen LogP) is 1.96. The summed E-state index contributed by atoms with van der Waals surface area (Å²) < 4.78 is 15.3. The molecule has 2 aromatic rings. The summed E-state index contributed by atoms with van der Waals surface area (Å²) in [6, 6.07) is 13.2. The number of rotatable bonds is 8. The third-order valence-electron chi connectivity index (χ3n) is 5.01. The van der Waals surface area contributed by atoms with Crippen molar-refractivity contribution < 1.29 is 33.7 Å². The lowest BCUT2D eigenvalue weighted by Crippen LogP contribution is -2.43. The summed E-state index contributed by atoms with van der Waals surface area (Å²) in [4.78, 5) is 38.3. The van der Waals surface area contributed by atoms with Crippen LogP contribution in [0.5, 0.6) is 11.5 Å². The average Bonchev–Trinajstić information content (AvgIpc) is 3.10. The van der Waals surface area contributed by atoms with E-state index in [1.54, 1.807) is 49.4 Å². The molecule has 164 valence electrons. The molecule has 3 rings (SSSR count). The normalized spacial score (nSPS) is 17.7. The minimum Gasteiger partial charge on any atom is -0.497 e. The number of nitrogens with one attached hydrogen (secondary N) is 1. The van der Waals surface area contributed by atoms with Gasteiger partial charge in [-0.3, -0.25) is 9.59 Å². The smallest absolute Gasteiger partial charge is 0.418 e. The maximum atomic E-state index is 12.7. The van der Waals surface area contributed by atoms with Gasteiger partial charge in [-0.2, -0.15) is 0 Å². The Morgan fingerprint density at radius 3 is 2.29 bits per heavy atom. The van der Waals surface area contributed by atoms with Gasteiger partial charge < -0.3 is 24.6 Å². The Bertz CT molecular complexity index is 941.